The van der Waals surface area contributed by atoms with E-state index in [1.807, 2.05) is 18.2 Å². The maximum atomic E-state index is 11.1. The van der Waals surface area contributed by atoms with Gasteiger partial charge < -0.3 is 4.42 Å². The second kappa shape index (κ2) is 3.46. The largest absolute Gasteiger partial charge is 0.464 e. The van der Waals surface area contributed by atoms with E-state index in [-0.39, 0.29) is 5.78 Å². The minimum absolute atomic E-state index is 0.0431. The van der Waals surface area contributed by atoms with Gasteiger partial charge in [0.1, 0.15) is 11.5 Å². The topological polar surface area (TPSA) is 43.1 Å². The molecule has 70 valence electrons. The lowest BCUT2D eigenvalue weighted by Gasteiger charge is -1.98. The van der Waals surface area contributed by atoms with Crippen molar-refractivity contribution in [2.75, 3.05) is 0 Å². The molecule has 0 atom stereocenters. The molecule has 0 saturated heterocycles. The van der Waals surface area contributed by atoms with Crippen molar-refractivity contribution in [3.8, 4) is 11.3 Å². The van der Waals surface area contributed by atoms with Crippen molar-refractivity contribution < 1.29 is 9.21 Å². The first kappa shape index (κ1) is 8.69. The number of pyridine rings is 1. The van der Waals surface area contributed by atoms with E-state index in [0.29, 0.717) is 5.69 Å². The molecule has 2 heterocycles. The van der Waals surface area contributed by atoms with Crippen LogP contribution in [0.1, 0.15) is 17.4 Å². The molecule has 0 aliphatic heterocycles. The van der Waals surface area contributed by atoms with Gasteiger partial charge in [0.15, 0.2) is 5.78 Å². The van der Waals surface area contributed by atoms with Crippen LogP contribution in [0.15, 0.2) is 41.1 Å². The van der Waals surface area contributed by atoms with Gasteiger partial charge in [0, 0.05) is 18.7 Å². The Bertz CT molecular complexity index is 446. The first-order valence-electron chi connectivity index (χ1n) is 4.28. The molecule has 0 unspecified atom stereocenters. The molecule has 0 saturated carbocycles. The van der Waals surface area contributed by atoms with Crippen LogP contribution in [-0.4, -0.2) is 10.8 Å². The number of ketones is 1. The molecule has 2 aromatic rings. The van der Waals surface area contributed by atoms with Gasteiger partial charge in [0.05, 0.1) is 6.26 Å². The van der Waals surface area contributed by atoms with Crippen LogP contribution in [0, 0.1) is 0 Å². The van der Waals surface area contributed by atoms with Gasteiger partial charge in [0.25, 0.3) is 0 Å². The Morgan fingerprint density at radius 3 is 2.93 bits per heavy atom. The Morgan fingerprint density at radius 2 is 2.29 bits per heavy atom. The highest BCUT2D eigenvalue weighted by Gasteiger charge is 2.04. The number of furan rings is 1. The highest BCUT2D eigenvalue weighted by molar-refractivity contribution is 5.93. The highest BCUT2D eigenvalue weighted by atomic mass is 16.3. The molecule has 0 radical (unpaired) electrons. The lowest BCUT2D eigenvalue weighted by atomic mass is 10.1. The molecule has 0 aliphatic carbocycles. The van der Waals surface area contributed by atoms with Gasteiger partial charge in [-0.2, -0.15) is 0 Å². The molecule has 0 aliphatic rings. The minimum Gasteiger partial charge on any atom is -0.464 e. The number of hydrogen-bond donors (Lipinski definition) is 0. The van der Waals surface area contributed by atoms with E-state index in [1.54, 1.807) is 18.5 Å². The van der Waals surface area contributed by atoms with Crippen molar-refractivity contribution in [3.63, 3.8) is 0 Å². The van der Waals surface area contributed by atoms with E-state index in [0.717, 1.165) is 11.3 Å². The maximum Gasteiger partial charge on any atom is 0.178 e. The average molecular weight is 187 g/mol. The summed E-state index contributed by atoms with van der Waals surface area (Å²) >= 11 is 0. The number of carbonyl (C=O) groups is 1. The van der Waals surface area contributed by atoms with Crippen molar-refractivity contribution in [1.29, 1.82) is 0 Å². The summed E-state index contributed by atoms with van der Waals surface area (Å²) in [4.78, 5) is 15.0. The lowest BCUT2D eigenvalue weighted by Crippen LogP contribution is -1.95. The van der Waals surface area contributed by atoms with Crippen LogP contribution in [0.5, 0.6) is 0 Å². The molecule has 0 bridgehead atoms. The van der Waals surface area contributed by atoms with Crippen molar-refractivity contribution in [1.82, 2.24) is 4.98 Å². The van der Waals surface area contributed by atoms with Crippen molar-refractivity contribution >= 4 is 5.78 Å². The van der Waals surface area contributed by atoms with Crippen molar-refractivity contribution in [2.45, 2.75) is 6.92 Å². The molecule has 2 rings (SSSR count). The first-order valence-corrected chi connectivity index (χ1v) is 4.28. The maximum absolute atomic E-state index is 11.1. The highest BCUT2D eigenvalue weighted by Crippen LogP contribution is 2.19. The number of aromatic nitrogens is 1. The summed E-state index contributed by atoms with van der Waals surface area (Å²) < 4.78 is 5.22. The Balaban J connectivity index is 2.46. The smallest absolute Gasteiger partial charge is 0.178 e. The third-order valence-corrected chi connectivity index (χ3v) is 1.93. The minimum atomic E-state index is -0.0431. The third kappa shape index (κ3) is 1.57. The van der Waals surface area contributed by atoms with E-state index in [9.17, 15) is 4.79 Å². The SMILES string of the molecule is CC(=O)c1cc(-c2ccco2)ccn1. The second-order valence-corrected chi connectivity index (χ2v) is 2.96. The van der Waals surface area contributed by atoms with Crippen LogP contribution in [0.3, 0.4) is 0 Å². The van der Waals surface area contributed by atoms with Gasteiger partial charge in [-0.05, 0) is 24.3 Å². The summed E-state index contributed by atoms with van der Waals surface area (Å²) in [6.45, 7) is 1.49. The monoisotopic (exact) mass is 187 g/mol. The zero-order valence-electron chi connectivity index (χ0n) is 7.73. The molecule has 2 aromatic heterocycles. The fraction of sp³-hybridized carbons (Fsp3) is 0.0909. The summed E-state index contributed by atoms with van der Waals surface area (Å²) in [6, 6.07) is 7.19. The van der Waals surface area contributed by atoms with E-state index < -0.39 is 0 Å². The predicted molar refractivity (Wildman–Crippen MR) is 51.9 cm³/mol. The summed E-state index contributed by atoms with van der Waals surface area (Å²) in [5.74, 6) is 0.702. The number of rotatable bonds is 2. The van der Waals surface area contributed by atoms with Gasteiger partial charge >= 0.3 is 0 Å². The van der Waals surface area contributed by atoms with Crippen LogP contribution < -0.4 is 0 Å². The van der Waals surface area contributed by atoms with E-state index in [4.69, 9.17) is 4.42 Å². The number of Topliss-reactive ketones (excluding diaryl/α,β-unsaturated/α-hetero) is 1. The van der Waals surface area contributed by atoms with E-state index in [2.05, 4.69) is 4.98 Å². The third-order valence-electron chi connectivity index (χ3n) is 1.93. The van der Waals surface area contributed by atoms with Crippen LogP contribution in [0.2, 0.25) is 0 Å². The fourth-order valence-corrected chi connectivity index (χ4v) is 1.22. The Kier molecular flexibility index (Phi) is 2.14. The normalized spacial score (nSPS) is 10.1. The molecule has 0 N–H and O–H groups in total. The van der Waals surface area contributed by atoms with Gasteiger partial charge in [-0.15, -0.1) is 0 Å². The van der Waals surface area contributed by atoms with Gasteiger partial charge in [0.2, 0.25) is 0 Å². The van der Waals surface area contributed by atoms with Crippen LogP contribution in [0.4, 0.5) is 0 Å². The zero-order valence-corrected chi connectivity index (χ0v) is 7.73. The predicted octanol–water partition coefficient (Wildman–Crippen LogP) is 2.54. The summed E-state index contributed by atoms with van der Waals surface area (Å²) in [6.07, 6.45) is 3.21. The molecular weight excluding hydrogens is 178 g/mol. The molecule has 0 fully saturated rings. The zero-order chi connectivity index (χ0) is 9.97. The molecule has 3 heteroatoms. The Labute approximate surface area is 81.4 Å². The van der Waals surface area contributed by atoms with E-state index >= 15 is 0 Å². The van der Waals surface area contributed by atoms with Gasteiger partial charge in [-0.25, -0.2) is 0 Å². The molecule has 3 nitrogen and oxygen atoms in total. The van der Waals surface area contributed by atoms with Gasteiger partial charge in [-0.1, -0.05) is 0 Å². The van der Waals surface area contributed by atoms with Crippen LogP contribution in [0.25, 0.3) is 11.3 Å². The first-order chi connectivity index (χ1) is 6.77. The molecule has 0 spiro atoms. The Hall–Kier alpha value is -1.90. The molecule has 0 amide bonds. The molecular formula is C11H9NO2. The summed E-state index contributed by atoms with van der Waals surface area (Å²) in [5, 5.41) is 0. The van der Waals surface area contributed by atoms with E-state index in [1.165, 1.54) is 6.92 Å². The summed E-state index contributed by atoms with van der Waals surface area (Å²) in [7, 11) is 0. The average Bonchev–Trinajstić information content (AvgIpc) is 2.71. The van der Waals surface area contributed by atoms with Crippen molar-refractivity contribution in [3.05, 3.63) is 42.4 Å². The number of hydrogen-bond acceptors (Lipinski definition) is 3. The van der Waals surface area contributed by atoms with Crippen LogP contribution in [-0.2, 0) is 0 Å². The molecule has 0 aromatic carbocycles. The Morgan fingerprint density at radius 1 is 1.43 bits per heavy atom. The standard InChI is InChI=1S/C11H9NO2/c1-8(13)10-7-9(4-5-12-10)11-3-2-6-14-11/h2-7H,1H3. The number of carbonyl (C=O) groups excluding carboxylic acids is 1. The van der Waals surface area contributed by atoms with Gasteiger partial charge in [-0.3, -0.25) is 9.78 Å². The number of nitrogens with zero attached hydrogens (tertiary/aromatic N) is 1. The summed E-state index contributed by atoms with van der Waals surface area (Å²) in [5.41, 5.74) is 1.33. The van der Waals surface area contributed by atoms with Crippen LogP contribution >= 0.6 is 0 Å². The quantitative estimate of drug-likeness (QED) is 0.678. The lowest BCUT2D eigenvalue weighted by molar-refractivity contribution is 0.101. The van der Waals surface area contributed by atoms with Crippen molar-refractivity contribution in [2.24, 2.45) is 0 Å². The second-order valence-electron chi connectivity index (χ2n) is 2.96. The molecule has 14 heavy (non-hydrogen) atoms. The fourth-order valence-electron chi connectivity index (χ4n) is 1.22.